The zero-order valence-corrected chi connectivity index (χ0v) is 12.3. The number of hydrogen-bond acceptors (Lipinski definition) is 1. The van der Waals surface area contributed by atoms with Gasteiger partial charge < -0.3 is 5.73 Å². The van der Waals surface area contributed by atoms with Crippen LogP contribution >= 0.6 is 0 Å². The largest absolute Gasteiger partial charge is 0.399 e. The van der Waals surface area contributed by atoms with E-state index in [1.54, 1.807) is 0 Å². The van der Waals surface area contributed by atoms with Gasteiger partial charge in [0, 0.05) is 5.69 Å². The first-order valence-corrected chi connectivity index (χ1v) is 6.99. The molecular formula is C18H23N. The summed E-state index contributed by atoms with van der Waals surface area (Å²) < 4.78 is 0. The molecule has 0 fully saturated rings. The number of nitrogen functional groups attached to an aromatic ring is 1. The third kappa shape index (κ3) is 2.81. The topological polar surface area (TPSA) is 26.0 Å². The highest BCUT2D eigenvalue weighted by atomic mass is 14.5. The van der Waals surface area contributed by atoms with Crippen molar-refractivity contribution in [2.75, 3.05) is 5.73 Å². The van der Waals surface area contributed by atoms with Gasteiger partial charge in [-0.1, -0.05) is 58.0 Å². The van der Waals surface area contributed by atoms with Gasteiger partial charge >= 0.3 is 0 Å². The molecule has 0 heterocycles. The van der Waals surface area contributed by atoms with Gasteiger partial charge in [0.25, 0.3) is 0 Å². The summed E-state index contributed by atoms with van der Waals surface area (Å²) in [5, 5.41) is 0. The molecule has 1 heteroatoms. The highest BCUT2D eigenvalue weighted by Crippen LogP contribution is 2.36. The van der Waals surface area contributed by atoms with Gasteiger partial charge in [0.05, 0.1) is 0 Å². The van der Waals surface area contributed by atoms with Crippen LogP contribution in [0.5, 0.6) is 0 Å². The summed E-state index contributed by atoms with van der Waals surface area (Å²) >= 11 is 0. The normalized spacial score (nSPS) is 11.3. The molecule has 19 heavy (non-hydrogen) atoms. The van der Waals surface area contributed by atoms with Crippen molar-refractivity contribution in [3.05, 3.63) is 53.6 Å². The second kappa shape index (κ2) is 5.48. The first kappa shape index (κ1) is 13.7. The Balaban J connectivity index is 2.67. The molecule has 2 rings (SSSR count). The lowest BCUT2D eigenvalue weighted by Gasteiger charge is -2.20. The van der Waals surface area contributed by atoms with Gasteiger partial charge in [-0.05, 0) is 46.2 Å². The molecule has 0 aliphatic heterocycles. The van der Waals surface area contributed by atoms with Gasteiger partial charge in [0.2, 0.25) is 0 Å². The number of anilines is 1. The summed E-state index contributed by atoms with van der Waals surface area (Å²) in [4.78, 5) is 0. The number of hydrogen-bond donors (Lipinski definition) is 1. The standard InChI is InChI=1S/C18H23N/c1-12(2)16-6-5-7-17(13(3)4)18(16)14-8-10-15(19)11-9-14/h5-13H,19H2,1-4H3. The molecule has 0 aliphatic carbocycles. The van der Waals surface area contributed by atoms with Gasteiger partial charge in [0.15, 0.2) is 0 Å². The van der Waals surface area contributed by atoms with Crippen LogP contribution in [0.1, 0.15) is 50.7 Å². The van der Waals surface area contributed by atoms with E-state index in [0.29, 0.717) is 11.8 Å². The van der Waals surface area contributed by atoms with Gasteiger partial charge in [0.1, 0.15) is 0 Å². The van der Waals surface area contributed by atoms with Crippen molar-refractivity contribution < 1.29 is 0 Å². The Morgan fingerprint density at radius 1 is 0.737 bits per heavy atom. The summed E-state index contributed by atoms with van der Waals surface area (Å²) in [6.07, 6.45) is 0. The van der Waals surface area contributed by atoms with Crippen molar-refractivity contribution in [2.24, 2.45) is 0 Å². The van der Waals surface area contributed by atoms with E-state index in [-0.39, 0.29) is 0 Å². The maximum atomic E-state index is 5.80. The van der Waals surface area contributed by atoms with Crippen LogP contribution in [0.4, 0.5) is 5.69 Å². The summed E-state index contributed by atoms with van der Waals surface area (Å²) in [6, 6.07) is 14.9. The van der Waals surface area contributed by atoms with Crippen LogP contribution < -0.4 is 5.73 Å². The Kier molecular flexibility index (Phi) is 3.94. The molecule has 1 nitrogen and oxygen atoms in total. The lowest BCUT2D eigenvalue weighted by molar-refractivity contribution is 0.838. The fraction of sp³-hybridized carbons (Fsp3) is 0.333. The van der Waals surface area contributed by atoms with Crippen molar-refractivity contribution in [3.8, 4) is 11.1 Å². The molecule has 0 aromatic heterocycles. The number of nitrogens with two attached hydrogens (primary N) is 1. The maximum Gasteiger partial charge on any atom is 0.0314 e. The van der Waals surface area contributed by atoms with Crippen molar-refractivity contribution in [2.45, 2.75) is 39.5 Å². The predicted octanol–water partition coefficient (Wildman–Crippen LogP) is 5.18. The third-order valence-corrected chi connectivity index (χ3v) is 3.57. The number of benzene rings is 2. The van der Waals surface area contributed by atoms with Crippen LogP contribution in [0, 0.1) is 0 Å². The summed E-state index contributed by atoms with van der Waals surface area (Å²) in [5.41, 5.74) is 12.1. The second-order valence-corrected chi connectivity index (χ2v) is 5.74. The molecule has 0 amide bonds. The molecule has 0 saturated carbocycles. The summed E-state index contributed by atoms with van der Waals surface area (Å²) in [7, 11) is 0. The van der Waals surface area contributed by atoms with E-state index < -0.39 is 0 Å². The predicted molar refractivity (Wildman–Crippen MR) is 84.5 cm³/mol. The highest BCUT2D eigenvalue weighted by Gasteiger charge is 2.14. The highest BCUT2D eigenvalue weighted by molar-refractivity contribution is 5.73. The lowest BCUT2D eigenvalue weighted by atomic mass is 9.85. The monoisotopic (exact) mass is 253 g/mol. The molecule has 100 valence electrons. The van der Waals surface area contributed by atoms with Crippen LogP contribution in [0.2, 0.25) is 0 Å². The molecule has 0 bridgehead atoms. The van der Waals surface area contributed by atoms with E-state index in [4.69, 9.17) is 5.73 Å². The molecule has 0 saturated heterocycles. The Labute approximate surface area is 116 Å². The Hall–Kier alpha value is -1.76. The molecule has 0 aliphatic rings. The van der Waals surface area contributed by atoms with Crippen LogP contribution in [0.25, 0.3) is 11.1 Å². The van der Waals surface area contributed by atoms with Gasteiger partial charge in [-0.15, -0.1) is 0 Å². The van der Waals surface area contributed by atoms with Gasteiger partial charge in [-0.3, -0.25) is 0 Å². The summed E-state index contributed by atoms with van der Waals surface area (Å²) in [6.45, 7) is 9.00. The average molecular weight is 253 g/mol. The second-order valence-electron chi connectivity index (χ2n) is 5.74. The molecule has 2 aromatic carbocycles. The Bertz CT molecular complexity index is 524. The zero-order chi connectivity index (χ0) is 14.0. The van der Waals surface area contributed by atoms with Crippen molar-refractivity contribution in [1.29, 1.82) is 0 Å². The molecule has 0 spiro atoms. The summed E-state index contributed by atoms with van der Waals surface area (Å²) in [5.74, 6) is 1.04. The molecule has 2 N–H and O–H groups in total. The van der Waals surface area contributed by atoms with E-state index in [9.17, 15) is 0 Å². The average Bonchev–Trinajstić information content (AvgIpc) is 2.38. The Morgan fingerprint density at radius 3 is 1.63 bits per heavy atom. The molecule has 0 radical (unpaired) electrons. The van der Waals surface area contributed by atoms with Crippen LogP contribution in [-0.4, -0.2) is 0 Å². The van der Waals surface area contributed by atoms with Crippen molar-refractivity contribution in [1.82, 2.24) is 0 Å². The fourth-order valence-electron chi connectivity index (χ4n) is 2.53. The van der Waals surface area contributed by atoms with Gasteiger partial charge in [-0.25, -0.2) is 0 Å². The van der Waals surface area contributed by atoms with E-state index in [2.05, 4.69) is 58.0 Å². The van der Waals surface area contributed by atoms with Gasteiger partial charge in [-0.2, -0.15) is 0 Å². The molecule has 0 atom stereocenters. The fourth-order valence-corrected chi connectivity index (χ4v) is 2.53. The SMILES string of the molecule is CC(C)c1cccc(C(C)C)c1-c1ccc(N)cc1. The molecule has 0 unspecified atom stereocenters. The number of rotatable bonds is 3. The van der Waals surface area contributed by atoms with E-state index in [1.165, 1.54) is 22.3 Å². The first-order valence-electron chi connectivity index (χ1n) is 6.99. The van der Waals surface area contributed by atoms with E-state index in [0.717, 1.165) is 5.69 Å². The molecule has 2 aromatic rings. The van der Waals surface area contributed by atoms with Crippen molar-refractivity contribution >= 4 is 5.69 Å². The van der Waals surface area contributed by atoms with Crippen molar-refractivity contribution in [3.63, 3.8) is 0 Å². The van der Waals surface area contributed by atoms with E-state index in [1.807, 2.05) is 12.1 Å². The minimum Gasteiger partial charge on any atom is -0.399 e. The minimum atomic E-state index is 0.520. The van der Waals surface area contributed by atoms with Crippen LogP contribution in [0.15, 0.2) is 42.5 Å². The quantitative estimate of drug-likeness (QED) is 0.749. The first-order chi connectivity index (χ1) is 9.00. The van der Waals surface area contributed by atoms with Crippen LogP contribution in [0.3, 0.4) is 0 Å². The maximum absolute atomic E-state index is 5.80. The Morgan fingerprint density at radius 2 is 1.21 bits per heavy atom. The third-order valence-electron chi connectivity index (χ3n) is 3.57. The minimum absolute atomic E-state index is 0.520. The molecular weight excluding hydrogens is 230 g/mol. The van der Waals surface area contributed by atoms with Crippen LogP contribution in [-0.2, 0) is 0 Å². The van der Waals surface area contributed by atoms with E-state index >= 15 is 0 Å². The smallest absolute Gasteiger partial charge is 0.0314 e. The zero-order valence-electron chi connectivity index (χ0n) is 12.3. The lowest BCUT2D eigenvalue weighted by Crippen LogP contribution is -1.99.